The van der Waals surface area contributed by atoms with Crippen molar-refractivity contribution in [2.24, 2.45) is 0 Å². The highest BCUT2D eigenvalue weighted by atomic mass is 79.9. The Bertz CT molecular complexity index is 1030. The van der Waals surface area contributed by atoms with Crippen molar-refractivity contribution in [2.75, 3.05) is 13.8 Å². The van der Waals surface area contributed by atoms with E-state index in [0.717, 1.165) is 11.4 Å². The van der Waals surface area contributed by atoms with Crippen LogP contribution < -0.4 is 10.7 Å². The lowest BCUT2D eigenvalue weighted by Crippen LogP contribution is -2.31. The SMILES string of the molecule is COCNC(=O)c1cn(Cc2cccc(Br)n2)c2nc(C)ccc2c1=O. The molecule has 7 nitrogen and oxygen atoms in total. The summed E-state index contributed by atoms with van der Waals surface area (Å²) in [4.78, 5) is 34.0. The summed E-state index contributed by atoms with van der Waals surface area (Å²) in [7, 11) is 1.46. The number of aromatic nitrogens is 3. The maximum Gasteiger partial charge on any atom is 0.258 e. The smallest absolute Gasteiger partial charge is 0.258 e. The number of carbonyl (C=O) groups is 1. The Morgan fingerprint density at radius 3 is 2.81 bits per heavy atom. The van der Waals surface area contributed by atoms with Gasteiger partial charge in [-0.25, -0.2) is 9.97 Å². The predicted octanol–water partition coefficient (Wildman–Crippen LogP) is 2.24. The van der Waals surface area contributed by atoms with Crippen molar-refractivity contribution in [3.05, 3.63) is 68.3 Å². The normalized spacial score (nSPS) is 10.9. The highest BCUT2D eigenvalue weighted by Gasteiger charge is 2.16. The number of nitrogens with one attached hydrogen (secondary N) is 1. The Morgan fingerprint density at radius 2 is 2.08 bits per heavy atom. The molecule has 26 heavy (non-hydrogen) atoms. The Balaban J connectivity index is 2.15. The number of rotatable bonds is 5. The molecule has 0 bridgehead atoms. The van der Waals surface area contributed by atoms with Gasteiger partial charge in [0.2, 0.25) is 5.43 Å². The van der Waals surface area contributed by atoms with E-state index in [1.165, 1.54) is 13.3 Å². The average molecular weight is 417 g/mol. The summed E-state index contributed by atoms with van der Waals surface area (Å²) in [5.41, 5.74) is 1.75. The van der Waals surface area contributed by atoms with E-state index in [1.807, 2.05) is 25.1 Å². The van der Waals surface area contributed by atoms with Crippen LogP contribution >= 0.6 is 15.9 Å². The molecule has 3 rings (SSSR count). The van der Waals surface area contributed by atoms with Crippen LogP contribution in [0.2, 0.25) is 0 Å². The summed E-state index contributed by atoms with van der Waals surface area (Å²) < 4.78 is 7.32. The number of amides is 1. The molecule has 3 heterocycles. The molecular formula is C18H17BrN4O3. The molecule has 1 N–H and O–H groups in total. The minimum Gasteiger partial charge on any atom is -0.364 e. The monoisotopic (exact) mass is 416 g/mol. The molecule has 3 aromatic heterocycles. The van der Waals surface area contributed by atoms with Gasteiger partial charge in [-0.15, -0.1) is 0 Å². The fourth-order valence-electron chi connectivity index (χ4n) is 2.59. The molecule has 0 atom stereocenters. The molecule has 8 heteroatoms. The second-order valence-corrected chi connectivity index (χ2v) is 6.53. The average Bonchev–Trinajstić information content (AvgIpc) is 2.62. The van der Waals surface area contributed by atoms with Gasteiger partial charge in [-0.05, 0) is 47.1 Å². The number of hydrogen-bond acceptors (Lipinski definition) is 5. The van der Waals surface area contributed by atoms with Gasteiger partial charge in [-0.1, -0.05) is 6.07 Å². The topological polar surface area (TPSA) is 86.1 Å². The minimum atomic E-state index is -0.490. The number of ether oxygens (including phenoxy) is 1. The zero-order valence-electron chi connectivity index (χ0n) is 14.3. The first-order valence-electron chi connectivity index (χ1n) is 7.89. The maximum absolute atomic E-state index is 12.7. The third-order valence-electron chi connectivity index (χ3n) is 3.79. The standard InChI is InChI=1S/C18H17BrN4O3/c1-11-6-7-13-16(24)14(18(25)20-10-26-2)9-23(17(13)21-11)8-12-4-3-5-15(19)22-12/h3-7,9H,8,10H2,1-2H3,(H,20,25). The first-order chi connectivity index (χ1) is 12.5. The molecule has 0 unspecified atom stereocenters. The van der Waals surface area contributed by atoms with Crippen LogP contribution in [0.5, 0.6) is 0 Å². The molecule has 0 aromatic carbocycles. The van der Waals surface area contributed by atoms with Gasteiger partial charge in [-0.3, -0.25) is 9.59 Å². The minimum absolute atomic E-state index is 0.0235. The van der Waals surface area contributed by atoms with Crippen LogP contribution in [0, 0.1) is 6.92 Å². The summed E-state index contributed by atoms with van der Waals surface area (Å²) in [6.07, 6.45) is 1.52. The molecule has 0 radical (unpaired) electrons. The first kappa shape index (κ1) is 18.2. The lowest BCUT2D eigenvalue weighted by molar-refractivity contribution is 0.0870. The maximum atomic E-state index is 12.7. The van der Waals surface area contributed by atoms with Crippen molar-refractivity contribution in [1.82, 2.24) is 19.9 Å². The Kier molecular flexibility index (Phi) is 5.43. The number of hydrogen-bond donors (Lipinski definition) is 1. The van der Waals surface area contributed by atoms with E-state index in [-0.39, 0.29) is 17.7 Å². The summed E-state index contributed by atoms with van der Waals surface area (Å²) in [5, 5.41) is 2.93. The summed E-state index contributed by atoms with van der Waals surface area (Å²) in [6.45, 7) is 2.25. The van der Waals surface area contributed by atoms with E-state index in [1.54, 1.807) is 16.7 Å². The van der Waals surface area contributed by atoms with Gasteiger partial charge >= 0.3 is 0 Å². The van der Waals surface area contributed by atoms with Crippen LogP contribution in [0.4, 0.5) is 0 Å². The number of pyridine rings is 3. The number of halogens is 1. The summed E-state index contributed by atoms with van der Waals surface area (Å²) >= 11 is 3.35. The highest BCUT2D eigenvalue weighted by molar-refractivity contribution is 9.10. The van der Waals surface area contributed by atoms with Crippen LogP contribution in [0.1, 0.15) is 21.7 Å². The first-order valence-corrected chi connectivity index (χ1v) is 8.68. The molecule has 0 aliphatic carbocycles. The van der Waals surface area contributed by atoms with E-state index in [4.69, 9.17) is 4.74 Å². The number of carbonyl (C=O) groups excluding carboxylic acids is 1. The van der Waals surface area contributed by atoms with Crippen molar-refractivity contribution < 1.29 is 9.53 Å². The van der Waals surface area contributed by atoms with Crippen molar-refractivity contribution in [3.63, 3.8) is 0 Å². The molecular weight excluding hydrogens is 400 g/mol. The van der Waals surface area contributed by atoms with Gasteiger partial charge in [0, 0.05) is 19.0 Å². The second kappa shape index (κ2) is 7.76. The van der Waals surface area contributed by atoms with Gasteiger partial charge in [0.1, 0.15) is 22.5 Å². The van der Waals surface area contributed by atoms with Crippen molar-refractivity contribution >= 4 is 32.9 Å². The fraction of sp³-hybridized carbons (Fsp3) is 0.222. The highest BCUT2D eigenvalue weighted by Crippen LogP contribution is 2.14. The Morgan fingerprint density at radius 1 is 1.27 bits per heavy atom. The zero-order valence-corrected chi connectivity index (χ0v) is 15.9. The molecule has 134 valence electrons. The molecule has 3 aromatic rings. The van der Waals surface area contributed by atoms with Crippen LogP contribution in [0.15, 0.2) is 45.9 Å². The van der Waals surface area contributed by atoms with Crippen molar-refractivity contribution in [1.29, 1.82) is 0 Å². The Labute approximate surface area is 158 Å². The van der Waals surface area contributed by atoms with Crippen molar-refractivity contribution in [2.45, 2.75) is 13.5 Å². The van der Waals surface area contributed by atoms with Crippen LogP contribution in [-0.2, 0) is 11.3 Å². The van der Waals surface area contributed by atoms with Crippen LogP contribution in [0.3, 0.4) is 0 Å². The molecule has 0 fully saturated rings. The fourth-order valence-corrected chi connectivity index (χ4v) is 2.97. The quantitative estimate of drug-likeness (QED) is 0.509. The lowest BCUT2D eigenvalue weighted by atomic mass is 10.1. The number of nitrogens with zero attached hydrogens (tertiary/aromatic N) is 3. The number of aryl methyl sites for hydroxylation is 1. The van der Waals surface area contributed by atoms with E-state index < -0.39 is 5.91 Å². The largest absolute Gasteiger partial charge is 0.364 e. The van der Waals surface area contributed by atoms with E-state index in [0.29, 0.717) is 22.2 Å². The third-order valence-corrected chi connectivity index (χ3v) is 4.23. The van der Waals surface area contributed by atoms with Gasteiger partial charge in [0.15, 0.2) is 0 Å². The second-order valence-electron chi connectivity index (χ2n) is 5.71. The molecule has 0 saturated carbocycles. The summed E-state index contributed by atoms with van der Waals surface area (Å²) in [6, 6.07) is 9.02. The number of fused-ring (bicyclic) bond motifs is 1. The van der Waals surface area contributed by atoms with Gasteiger partial charge in [0.05, 0.1) is 17.6 Å². The molecule has 0 spiro atoms. The van der Waals surface area contributed by atoms with Crippen LogP contribution in [-0.4, -0.2) is 34.3 Å². The lowest BCUT2D eigenvalue weighted by Gasteiger charge is -2.13. The van der Waals surface area contributed by atoms with E-state index >= 15 is 0 Å². The molecule has 0 aliphatic heterocycles. The molecule has 1 amide bonds. The number of methoxy groups -OCH3 is 1. The van der Waals surface area contributed by atoms with Gasteiger partial charge in [-0.2, -0.15) is 0 Å². The van der Waals surface area contributed by atoms with E-state index in [2.05, 4.69) is 31.2 Å². The Hall–Kier alpha value is -2.58. The third kappa shape index (κ3) is 3.81. The molecule has 0 aliphatic rings. The summed E-state index contributed by atoms with van der Waals surface area (Å²) in [5.74, 6) is -0.490. The van der Waals surface area contributed by atoms with Gasteiger partial charge < -0.3 is 14.6 Å². The predicted molar refractivity (Wildman–Crippen MR) is 101 cm³/mol. The van der Waals surface area contributed by atoms with E-state index in [9.17, 15) is 9.59 Å². The molecule has 0 saturated heterocycles. The van der Waals surface area contributed by atoms with Crippen LogP contribution in [0.25, 0.3) is 11.0 Å². The zero-order chi connectivity index (χ0) is 18.7. The van der Waals surface area contributed by atoms with Gasteiger partial charge in [0.25, 0.3) is 5.91 Å². The van der Waals surface area contributed by atoms with Crippen molar-refractivity contribution in [3.8, 4) is 0 Å².